The van der Waals surface area contributed by atoms with Crippen LogP contribution in [0.15, 0.2) is 17.0 Å². The first-order valence-corrected chi connectivity index (χ1v) is 11.8. The predicted molar refractivity (Wildman–Crippen MR) is 108 cm³/mol. The van der Waals surface area contributed by atoms with Crippen molar-refractivity contribution in [3.8, 4) is 5.75 Å². The second-order valence-electron chi connectivity index (χ2n) is 5.71. The van der Waals surface area contributed by atoms with E-state index in [9.17, 15) is 18.0 Å². The second-order valence-corrected chi connectivity index (χ2v) is 9.91. The number of rotatable bonds is 7. The molecule has 0 radical (unpaired) electrons. The molecule has 1 rings (SSSR count). The van der Waals surface area contributed by atoms with Crippen LogP contribution in [-0.2, 0) is 14.6 Å². The highest BCUT2D eigenvalue weighted by Crippen LogP contribution is 2.26. The third kappa shape index (κ3) is 7.15. The lowest BCUT2D eigenvalue weighted by molar-refractivity contribution is 0.138. The van der Waals surface area contributed by atoms with E-state index in [4.69, 9.17) is 9.47 Å². The normalized spacial score (nSPS) is 11.0. The first-order valence-electron chi connectivity index (χ1n) is 7.81. The van der Waals surface area contributed by atoms with Gasteiger partial charge in [-0.2, -0.15) is 11.8 Å². The molecule has 0 aliphatic rings. The van der Waals surface area contributed by atoms with Crippen LogP contribution in [0.1, 0.15) is 11.1 Å². The summed E-state index contributed by atoms with van der Waals surface area (Å²) in [6.07, 6.45) is 1.75. The maximum atomic E-state index is 12.2. The van der Waals surface area contributed by atoms with Gasteiger partial charge in [0.15, 0.2) is 9.84 Å². The highest BCUT2D eigenvalue weighted by atomic mass is 32.2. The van der Waals surface area contributed by atoms with Crippen LogP contribution in [0.4, 0.5) is 9.59 Å². The van der Waals surface area contributed by atoms with Gasteiger partial charge in [-0.3, -0.25) is 0 Å². The Morgan fingerprint density at radius 1 is 1.07 bits per heavy atom. The van der Waals surface area contributed by atoms with E-state index in [1.807, 2.05) is 6.26 Å². The lowest BCUT2D eigenvalue weighted by Crippen LogP contribution is -2.31. The van der Waals surface area contributed by atoms with Gasteiger partial charge in [0.05, 0.1) is 17.0 Å². The Labute approximate surface area is 168 Å². The topological polar surface area (TPSA) is 93.2 Å². The third-order valence-electron chi connectivity index (χ3n) is 3.28. The molecule has 2 amide bonds. The molecular formula is C16H24N2O6S3. The van der Waals surface area contributed by atoms with E-state index in [0.29, 0.717) is 16.9 Å². The number of sulfone groups is 1. The van der Waals surface area contributed by atoms with E-state index < -0.39 is 22.0 Å². The van der Waals surface area contributed by atoms with E-state index >= 15 is 0 Å². The van der Waals surface area contributed by atoms with Crippen LogP contribution < -0.4 is 4.74 Å². The highest BCUT2D eigenvalue weighted by Gasteiger charge is 2.21. The Bertz CT molecular complexity index is 774. The van der Waals surface area contributed by atoms with Crippen molar-refractivity contribution >= 4 is 45.9 Å². The summed E-state index contributed by atoms with van der Waals surface area (Å²) in [5.74, 6) is 0.907. The molecule has 11 heteroatoms. The zero-order chi connectivity index (χ0) is 20.8. The summed E-state index contributed by atoms with van der Waals surface area (Å²) < 4.78 is 36.3. The molecule has 27 heavy (non-hydrogen) atoms. The van der Waals surface area contributed by atoms with Crippen LogP contribution in [-0.4, -0.2) is 68.2 Å². The van der Waals surface area contributed by atoms with Crippen molar-refractivity contribution in [2.24, 2.45) is 0 Å². The molecule has 0 fully saturated rings. The minimum absolute atomic E-state index is 0.220. The number of hydrogen-bond donors (Lipinski definition) is 0. The number of thioether (sulfide) groups is 1. The zero-order valence-corrected chi connectivity index (χ0v) is 18.6. The fourth-order valence-electron chi connectivity index (χ4n) is 2.27. The standard InChI is InChI=1S/C16H24N2O6S3/c1-11-9-13(10-12(2)14(11)27(6,21)22)24-16(20)18(4)26-17(3)15(19)23-7-8-25-5/h9-10H,7-8H2,1-6H3. The SMILES string of the molecule is CSCCOC(=O)N(C)SN(C)C(=O)Oc1cc(C)c(S(C)(=O)=O)c(C)c1. The zero-order valence-electron chi connectivity index (χ0n) is 16.1. The molecule has 0 aliphatic carbocycles. The molecule has 0 N–H and O–H groups in total. The van der Waals surface area contributed by atoms with Crippen LogP contribution in [0.3, 0.4) is 0 Å². The van der Waals surface area contributed by atoms with E-state index in [-0.39, 0.29) is 17.3 Å². The molecule has 8 nitrogen and oxygen atoms in total. The van der Waals surface area contributed by atoms with Gasteiger partial charge in [-0.05, 0) is 43.4 Å². The number of hydrogen-bond acceptors (Lipinski definition) is 8. The monoisotopic (exact) mass is 436 g/mol. The van der Waals surface area contributed by atoms with Crippen molar-refractivity contribution in [1.29, 1.82) is 0 Å². The summed E-state index contributed by atoms with van der Waals surface area (Å²) in [6.45, 7) is 3.55. The Morgan fingerprint density at radius 2 is 1.59 bits per heavy atom. The lowest BCUT2D eigenvalue weighted by Gasteiger charge is -2.21. The molecule has 0 heterocycles. The molecule has 0 spiro atoms. The quantitative estimate of drug-likeness (QED) is 0.475. The number of nitrogens with zero attached hydrogens (tertiary/aromatic N) is 2. The van der Waals surface area contributed by atoms with Crippen molar-refractivity contribution in [1.82, 2.24) is 8.61 Å². The van der Waals surface area contributed by atoms with Gasteiger partial charge in [-0.25, -0.2) is 26.6 Å². The summed E-state index contributed by atoms with van der Waals surface area (Å²) in [5, 5.41) is 0. The van der Waals surface area contributed by atoms with Gasteiger partial charge in [0.2, 0.25) is 0 Å². The smallest absolute Gasteiger partial charge is 0.426 e. The Hall–Kier alpha value is -1.59. The second kappa shape index (κ2) is 10.1. The van der Waals surface area contributed by atoms with Crippen LogP contribution >= 0.6 is 23.9 Å². The molecule has 0 saturated carbocycles. The maximum absolute atomic E-state index is 12.2. The Balaban J connectivity index is 2.74. The van der Waals surface area contributed by atoms with Crippen molar-refractivity contribution in [3.63, 3.8) is 0 Å². The van der Waals surface area contributed by atoms with E-state index in [0.717, 1.165) is 22.7 Å². The fourth-order valence-corrected chi connectivity index (χ4v) is 4.40. The maximum Gasteiger partial charge on any atom is 0.426 e. The molecule has 0 aliphatic heterocycles. The minimum atomic E-state index is -3.38. The number of benzene rings is 1. The van der Waals surface area contributed by atoms with E-state index in [1.54, 1.807) is 25.6 Å². The van der Waals surface area contributed by atoms with Crippen LogP contribution in [0, 0.1) is 13.8 Å². The van der Waals surface area contributed by atoms with Gasteiger partial charge in [-0.15, -0.1) is 0 Å². The molecule has 1 aromatic carbocycles. The van der Waals surface area contributed by atoms with Crippen LogP contribution in [0.25, 0.3) is 0 Å². The number of carbonyl (C=O) groups is 2. The van der Waals surface area contributed by atoms with Gasteiger partial charge in [-0.1, -0.05) is 0 Å². The highest BCUT2D eigenvalue weighted by molar-refractivity contribution is 7.98. The summed E-state index contributed by atoms with van der Waals surface area (Å²) in [5.41, 5.74) is 0.982. The third-order valence-corrected chi connectivity index (χ3v) is 6.03. The first-order chi connectivity index (χ1) is 12.5. The molecule has 0 bridgehead atoms. The average molecular weight is 437 g/mol. The molecule has 0 atom stereocenters. The van der Waals surface area contributed by atoms with E-state index in [1.165, 1.54) is 30.5 Å². The largest absolute Gasteiger partial charge is 0.448 e. The summed E-state index contributed by atoms with van der Waals surface area (Å²) in [7, 11) is -0.451. The molecule has 152 valence electrons. The first kappa shape index (κ1) is 23.4. The Kier molecular flexibility index (Phi) is 8.76. The van der Waals surface area contributed by atoms with Gasteiger partial charge in [0.25, 0.3) is 0 Å². The van der Waals surface area contributed by atoms with Crippen molar-refractivity contribution < 1.29 is 27.5 Å². The number of carbonyl (C=O) groups excluding carboxylic acids is 2. The number of aryl methyl sites for hydroxylation is 2. The Morgan fingerprint density at radius 3 is 2.07 bits per heavy atom. The summed E-state index contributed by atoms with van der Waals surface area (Å²) in [4.78, 5) is 24.2. The summed E-state index contributed by atoms with van der Waals surface area (Å²) >= 11 is 2.38. The van der Waals surface area contributed by atoms with Crippen molar-refractivity contribution in [3.05, 3.63) is 23.3 Å². The minimum Gasteiger partial charge on any atom is -0.448 e. The molecule has 0 aromatic heterocycles. The van der Waals surface area contributed by atoms with Gasteiger partial charge in [0.1, 0.15) is 12.4 Å². The van der Waals surface area contributed by atoms with Gasteiger partial charge < -0.3 is 9.47 Å². The summed E-state index contributed by atoms with van der Waals surface area (Å²) in [6, 6.07) is 2.97. The average Bonchev–Trinajstić information content (AvgIpc) is 2.52. The van der Waals surface area contributed by atoms with Crippen molar-refractivity contribution in [2.75, 3.05) is 39.0 Å². The van der Waals surface area contributed by atoms with Crippen LogP contribution in [0.5, 0.6) is 5.75 Å². The molecule has 0 saturated heterocycles. The van der Waals surface area contributed by atoms with Gasteiger partial charge >= 0.3 is 12.2 Å². The van der Waals surface area contributed by atoms with Gasteiger partial charge in [0, 0.05) is 26.1 Å². The predicted octanol–water partition coefficient (Wildman–Crippen LogP) is 3.13. The fraction of sp³-hybridized carbons (Fsp3) is 0.500. The van der Waals surface area contributed by atoms with Crippen LogP contribution in [0.2, 0.25) is 0 Å². The molecular weight excluding hydrogens is 412 g/mol. The van der Waals surface area contributed by atoms with Crippen molar-refractivity contribution in [2.45, 2.75) is 18.7 Å². The number of amides is 2. The van der Waals surface area contributed by atoms with E-state index in [2.05, 4.69) is 0 Å². The molecule has 1 aromatic rings. The number of ether oxygens (including phenoxy) is 2. The lowest BCUT2D eigenvalue weighted by atomic mass is 10.1. The molecule has 0 unspecified atom stereocenters.